The van der Waals surface area contributed by atoms with Crippen molar-refractivity contribution in [3.8, 4) is 0 Å². The second-order valence-electron chi connectivity index (χ2n) is 4.82. The number of hydrogen-bond donors (Lipinski definition) is 1. The van der Waals surface area contributed by atoms with Crippen LogP contribution in [0.4, 0.5) is 23.7 Å². The first-order valence-corrected chi connectivity index (χ1v) is 7.18. The van der Waals surface area contributed by atoms with Gasteiger partial charge in [0.25, 0.3) is 5.60 Å². The number of ether oxygens (including phenoxy) is 1. The Morgan fingerprint density at radius 3 is 2.74 bits per heavy atom. The van der Waals surface area contributed by atoms with Crippen LogP contribution in [0.1, 0.15) is 25.8 Å². The fourth-order valence-electron chi connectivity index (χ4n) is 2.21. The number of halogens is 4. The zero-order chi connectivity index (χ0) is 17.3. The summed E-state index contributed by atoms with van der Waals surface area (Å²) in [6.07, 6.45) is -2.69. The number of allylic oxidation sites excluding steroid dienone is 2. The monoisotopic (exact) mass is 346 g/mol. The van der Waals surface area contributed by atoms with Crippen LogP contribution in [-0.2, 0) is 10.3 Å². The van der Waals surface area contributed by atoms with Crippen LogP contribution in [0.5, 0.6) is 0 Å². The second kappa shape index (κ2) is 6.23. The minimum absolute atomic E-state index is 0.0548. The molecule has 2 rings (SSSR count). The highest BCUT2D eigenvalue weighted by Gasteiger charge is 2.60. The van der Waals surface area contributed by atoms with Gasteiger partial charge in [-0.2, -0.15) is 13.2 Å². The largest absolute Gasteiger partial charge is 0.472 e. The molecule has 4 nitrogen and oxygen atoms in total. The summed E-state index contributed by atoms with van der Waals surface area (Å²) in [5, 5.41) is 2.38. The molecule has 1 N–H and O–H groups in total. The number of anilines is 1. The molecular formula is C15H14ClF3N2O2. The third-order valence-corrected chi connectivity index (χ3v) is 3.61. The van der Waals surface area contributed by atoms with Crippen LogP contribution in [0.3, 0.4) is 0 Å². The zero-order valence-electron chi connectivity index (χ0n) is 12.4. The van der Waals surface area contributed by atoms with Crippen LogP contribution in [0.15, 0.2) is 35.0 Å². The van der Waals surface area contributed by atoms with Crippen molar-refractivity contribution in [3.63, 3.8) is 0 Å². The molecule has 0 fully saturated rings. The maximum atomic E-state index is 13.9. The predicted molar refractivity (Wildman–Crippen MR) is 81.8 cm³/mol. The van der Waals surface area contributed by atoms with Crippen molar-refractivity contribution in [2.45, 2.75) is 32.0 Å². The molecule has 0 aliphatic carbocycles. The maximum Gasteiger partial charge on any atom is 0.438 e. The Hall–Kier alpha value is -2.02. The smallest absolute Gasteiger partial charge is 0.438 e. The van der Waals surface area contributed by atoms with Gasteiger partial charge in [-0.3, -0.25) is 0 Å². The number of fused-ring (bicyclic) bond motifs is 1. The van der Waals surface area contributed by atoms with Gasteiger partial charge in [0.1, 0.15) is 0 Å². The quantitative estimate of drug-likeness (QED) is 0.779. The van der Waals surface area contributed by atoms with Gasteiger partial charge in [-0.25, -0.2) is 9.79 Å². The molecule has 0 spiro atoms. The number of alkyl halides is 3. The first-order valence-electron chi connectivity index (χ1n) is 6.80. The molecule has 124 valence electrons. The predicted octanol–water partition coefficient (Wildman–Crippen LogP) is 5.04. The van der Waals surface area contributed by atoms with Crippen molar-refractivity contribution in [1.82, 2.24) is 0 Å². The fourth-order valence-corrected chi connectivity index (χ4v) is 2.38. The van der Waals surface area contributed by atoms with Gasteiger partial charge in [-0.15, -0.1) is 0 Å². The number of hydrogen-bond acceptors (Lipinski definition) is 2. The van der Waals surface area contributed by atoms with Gasteiger partial charge in [0.15, 0.2) is 0 Å². The summed E-state index contributed by atoms with van der Waals surface area (Å²) in [4.78, 5) is 14.9. The van der Waals surface area contributed by atoms with E-state index in [9.17, 15) is 18.0 Å². The Bertz CT molecular complexity index is 686. The first kappa shape index (κ1) is 17.3. The van der Waals surface area contributed by atoms with Crippen molar-refractivity contribution in [2.24, 2.45) is 4.99 Å². The molecule has 1 aliphatic heterocycles. The number of urea groups is 1. The molecule has 0 saturated carbocycles. The van der Waals surface area contributed by atoms with Gasteiger partial charge < -0.3 is 10.1 Å². The molecule has 0 bridgehead atoms. The van der Waals surface area contributed by atoms with Gasteiger partial charge in [-0.05, 0) is 31.2 Å². The number of carbonyl (C=O) groups is 1. The minimum Gasteiger partial charge on any atom is -0.472 e. The topological polar surface area (TPSA) is 50.7 Å². The second-order valence-corrected chi connectivity index (χ2v) is 5.26. The summed E-state index contributed by atoms with van der Waals surface area (Å²) in [6.45, 7) is 3.23. The Morgan fingerprint density at radius 2 is 2.17 bits per heavy atom. The van der Waals surface area contributed by atoms with Gasteiger partial charge >= 0.3 is 12.2 Å². The van der Waals surface area contributed by atoms with E-state index in [0.717, 1.165) is 6.07 Å². The van der Waals surface area contributed by atoms with Gasteiger partial charge in [0, 0.05) is 17.0 Å². The lowest BCUT2D eigenvalue weighted by atomic mass is 9.92. The maximum absolute atomic E-state index is 13.9. The highest BCUT2D eigenvalue weighted by atomic mass is 35.5. The molecule has 1 atom stereocenters. The summed E-state index contributed by atoms with van der Waals surface area (Å²) in [7, 11) is 0. The average molecular weight is 347 g/mol. The average Bonchev–Trinajstić information content (AvgIpc) is 2.62. The zero-order valence-corrected chi connectivity index (χ0v) is 13.1. The fraction of sp³-hybridized carbons (Fsp3) is 0.333. The van der Waals surface area contributed by atoms with Gasteiger partial charge in [0.2, 0.25) is 0 Å². The number of nitrogens with one attached hydrogen (secondary N) is 1. The standard InChI is InChI=1S/C15H14ClF3N2O2/c1-3-10(4-2)23-14(15(17,18)19)8-20-13(22)21-12-6-5-9(16)7-11(12)14/h3,5-8H,4H2,1-2H3,(H,21,22)/t14-/m1/s1. The Balaban J connectivity index is 2.76. The third kappa shape index (κ3) is 3.19. The van der Waals surface area contributed by atoms with Gasteiger partial charge in [-0.1, -0.05) is 18.5 Å². The lowest BCUT2D eigenvalue weighted by Crippen LogP contribution is -2.46. The van der Waals surface area contributed by atoms with Gasteiger partial charge in [0.05, 0.1) is 17.7 Å². The van der Waals surface area contributed by atoms with E-state index in [1.807, 2.05) is 0 Å². The molecule has 23 heavy (non-hydrogen) atoms. The number of aliphatic imine (C=N–C) groups is 1. The van der Waals surface area contributed by atoms with Crippen LogP contribution < -0.4 is 5.32 Å². The van der Waals surface area contributed by atoms with Crippen LogP contribution >= 0.6 is 11.6 Å². The van der Waals surface area contributed by atoms with Crippen molar-refractivity contribution in [3.05, 3.63) is 40.6 Å². The number of benzene rings is 1. The summed E-state index contributed by atoms with van der Waals surface area (Å²) in [5.41, 5.74) is -3.27. The van der Waals surface area contributed by atoms with E-state index in [-0.39, 0.29) is 28.5 Å². The minimum atomic E-state index is -4.86. The van der Waals surface area contributed by atoms with Crippen LogP contribution in [0.25, 0.3) is 0 Å². The highest BCUT2D eigenvalue weighted by Crippen LogP contribution is 2.47. The van der Waals surface area contributed by atoms with Crippen molar-refractivity contribution in [1.29, 1.82) is 0 Å². The van der Waals surface area contributed by atoms with Crippen LogP contribution in [0, 0.1) is 0 Å². The molecular weight excluding hydrogens is 333 g/mol. The lowest BCUT2D eigenvalue weighted by molar-refractivity contribution is -0.240. The molecule has 0 saturated heterocycles. The third-order valence-electron chi connectivity index (χ3n) is 3.37. The van der Waals surface area contributed by atoms with Crippen molar-refractivity contribution < 1.29 is 22.7 Å². The molecule has 0 radical (unpaired) electrons. The van der Waals surface area contributed by atoms with E-state index in [2.05, 4.69) is 10.3 Å². The molecule has 1 aromatic rings. The summed E-state index contributed by atoms with van der Waals surface area (Å²) < 4.78 is 47.1. The van der Waals surface area contributed by atoms with E-state index >= 15 is 0 Å². The number of carbonyl (C=O) groups excluding carboxylic acids is 1. The molecule has 1 aliphatic rings. The molecule has 1 aromatic carbocycles. The summed E-state index contributed by atoms with van der Waals surface area (Å²) >= 11 is 5.85. The van der Waals surface area contributed by atoms with Crippen LogP contribution in [0.2, 0.25) is 5.02 Å². The number of rotatable bonds is 3. The molecule has 1 heterocycles. The molecule has 2 amide bonds. The highest BCUT2D eigenvalue weighted by molar-refractivity contribution is 6.30. The van der Waals surface area contributed by atoms with E-state index in [1.54, 1.807) is 13.8 Å². The number of nitrogens with zero attached hydrogens (tertiary/aromatic N) is 1. The van der Waals surface area contributed by atoms with Crippen LogP contribution in [-0.4, -0.2) is 18.4 Å². The van der Waals surface area contributed by atoms with E-state index in [0.29, 0.717) is 6.21 Å². The summed E-state index contributed by atoms with van der Waals surface area (Å²) in [6, 6.07) is 2.87. The van der Waals surface area contributed by atoms with E-state index in [1.165, 1.54) is 18.2 Å². The summed E-state index contributed by atoms with van der Waals surface area (Å²) in [5.74, 6) is 0.119. The van der Waals surface area contributed by atoms with Crippen molar-refractivity contribution in [2.75, 3.05) is 5.32 Å². The number of amides is 2. The molecule has 0 aromatic heterocycles. The Morgan fingerprint density at radius 1 is 1.48 bits per heavy atom. The lowest BCUT2D eigenvalue weighted by Gasteiger charge is -2.34. The Kier molecular flexibility index (Phi) is 4.70. The SMILES string of the molecule is CC=C(CC)O[C@]1(C(F)(F)F)C=NC(=O)Nc2ccc(Cl)cc21. The Labute approximate surface area is 136 Å². The van der Waals surface area contributed by atoms with E-state index in [4.69, 9.17) is 16.3 Å². The molecule has 0 unspecified atom stereocenters. The molecule has 8 heteroatoms. The normalized spacial score (nSPS) is 21.5. The van der Waals surface area contributed by atoms with Crippen molar-refractivity contribution >= 4 is 29.5 Å². The first-order chi connectivity index (χ1) is 10.7. The van der Waals surface area contributed by atoms with E-state index < -0.39 is 17.8 Å².